The monoisotopic (exact) mass is 377 g/mol. The molecule has 0 spiro atoms. The number of benzene rings is 1. The van der Waals surface area contributed by atoms with Crippen LogP contribution in [0.4, 0.5) is 8.78 Å². The first-order valence-electron chi connectivity index (χ1n) is 8.14. The Morgan fingerprint density at radius 2 is 1.93 bits per heavy atom. The fourth-order valence-electron chi connectivity index (χ4n) is 2.74. The van der Waals surface area contributed by atoms with Crippen molar-refractivity contribution < 1.29 is 28.2 Å². The molecule has 3 N–H and O–H groups in total. The summed E-state index contributed by atoms with van der Waals surface area (Å²) in [5.41, 5.74) is 6.09. The van der Waals surface area contributed by atoms with Crippen molar-refractivity contribution >= 4 is 11.7 Å². The maximum absolute atomic E-state index is 12.2. The van der Waals surface area contributed by atoms with Crippen molar-refractivity contribution in [1.82, 2.24) is 9.97 Å². The third-order valence-electron chi connectivity index (χ3n) is 4.13. The highest BCUT2D eigenvalue weighted by molar-refractivity contribution is 5.91. The lowest BCUT2D eigenvalue weighted by molar-refractivity contribution is -0.113. The Kier molecular flexibility index (Phi) is 5.49. The molecule has 1 fully saturated rings. The molecule has 1 aliphatic carbocycles. The minimum atomic E-state index is -2.84. The number of rotatable bonds is 7. The molecular weight excluding hydrogens is 360 g/mol. The second-order valence-electron chi connectivity index (χ2n) is 6.03. The number of carbonyl (C=O) groups is 1. The van der Waals surface area contributed by atoms with Crippen molar-refractivity contribution in [3.05, 3.63) is 54.0 Å². The lowest BCUT2D eigenvalue weighted by Crippen LogP contribution is -2.32. The van der Waals surface area contributed by atoms with Gasteiger partial charge in [-0.2, -0.15) is 8.78 Å². The number of carbonyl (C=O) groups excluding carboxylic acids is 1. The number of hydrogen-bond acceptors (Lipinski definition) is 6. The van der Waals surface area contributed by atoms with E-state index in [1.165, 1.54) is 24.5 Å². The van der Waals surface area contributed by atoms with Gasteiger partial charge in [0.1, 0.15) is 23.3 Å². The van der Waals surface area contributed by atoms with Crippen LogP contribution in [-0.4, -0.2) is 33.7 Å². The first-order chi connectivity index (χ1) is 12.9. The van der Waals surface area contributed by atoms with Crippen LogP contribution in [0.3, 0.4) is 0 Å². The van der Waals surface area contributed by atoms with E-state index < -0.39 is 12.5 Å². The molecule has 2 aromatic rings. The van der Waals surface area contributed by atoms with Crippen LogP contribution < -0.4 is 15.2 Å². The number of halogens is 2. The second-order valence-corrected chi connectivity index (χ2v) is 6.03. The van der Waals surface area contributed by atoms with Gasteiger partial charge in [-0.1, -0.05) is 12.1 Å². The molecule has 0 atom stereocenters. The highest BCUT2D eigenvalue weighted by Crippen LogP contribution is 2.39. The molecule has 1 amide bonds. The zero-order chi connectivity index (χ0) is 19.4. The summed E-state index contributed by atoms with van der Waals surface area (Å²) < 4.78 is 34.3. The molecule has 0 saturated heterocycles. The van der Waals surface area contributed by atoms with E-state index in [9.17, 15) is 18.7 Å². The van der Waals surface area contributed by atoms with E-state index in [1.54, 1.807) is 12.1 Å². The van der Waals surface area contributed by atoms with E-state index >= 15 is 0 Å². The number of hydrogen-bond donors (Lipinski definition) is 2. The van der Waals surface area contributed by atoms with E-state index in [1.807, 2.05) is 0 Å². The molecule has 0 bridgehead atoms. The molecule has 1 aliphatic rings. The van der Waals surface area contributed by atoms with E-state index in [4.69, 9.17) is 10.5 Å². The van der Waals surface area contributed by atoms with Crippen LogP contribution in [0.5, 0.6) is 11.6 Å². The van der Waals surface area contributed by atoms with Crippen LogP contribution in [-0.2, 0) is 4.79 Å². The molecule has 9 heteroatoms. The summed E-state index contributed by atoms with van der Waals surface area (Å²) in [5, 5.41) is 9.62. The molecule has 0 unspecified atom stereocenters. The predicted molar refractivity (Wildman–Crippen MR) is 91.3 cm³/mol. The average molecular weight is 377 g/mol. The predicted octanol–water partition coefficient (Wildman–Crippen LogP) is 2.79. The molecule has 3 rings (SSSR count). The standard InChI is InChI=1S/C18H17F2N3O4/c19-18(20)27-12-3-1-10(2-4-12)11-5-13(6-11)26-17-9-22-14(8-23-17)15(24)7-16(21)25/h1-4,7-9,11,13,18,24H,5-6H2,(H2,21,25)/b15-7-. The van der Waals surface area contributed by atoms with Crippen molar-refractivity contribution in [3.8, 4) is 11.6 Å². The Morgan fingerprint density at radius 1 is 1.22 bits per heavy atom. The summed E-state index contributed by atoms with van der Waals surface area (Å²) in [6.45, 7) is -2.84. The molecule has 1 aromatic carbocycles. The maximum Gasteiger partial charge on any atom is 0.387 e. The van der Waals surface area contributed by atoms with Gasteiger partial charge in [0.2, 0.25) is 11.8 Å². The molecule has 7 nitrogen and oxygen atoms in total. The number of nitrogens with zero attached hydrogens (tertiary/aromatic N) is 2. The van der Waals surface area contributed by atoms with Gasteiger partial charge < -0.3 is 20.3 Å². The second kappa shape index (κ2) is 7.98. The molecule has 1 aromatic heterocycles. The minimum absolute atomic E-state index is 0.0399. The Hall–Kier alpha value is -3.23. The number of alkyl halides is 2. The Bertz CT molecular complexity index is 820. The summed E-state index contributed by atoms with van der Waals surface area (Å²) in [5.74, 6) is -0.460. The van der Waals surface area contributed by atoms with Gasteiger partial charge in [-0.05, 0) is 36.5 Å². The third kappa shape index (κ3) is 4.90. The lowest BCUT2D eigenvalue weighted by Gasteiger charge is -2.35. The van der Waals surface area contributed by atoms with Crippen LogP contribution in [0, 0.1) is 0 Å². The number of nitrogens with two attached hydrogens (primary N) is 1. The van der Waals surface area contributed by atoms with Gasteiger partial charge >= 0.3 is 6.61 Å². The van der Waals surface area contributed by atoms with Gasteiger partial charge in [0.05, 0.1) is 12.4 Å². The van der Waals surface area contributed by atoms with Gasteiger partial charge in [0, 0.05) is 6.08 Å². The summed E-state index contributed by atoms with van der Waals surface area (Å²) in [6, 6.07) is 6.57. The fourth-order valence-corrected chi connectivity index (χ4v) is 2.74. The van der Waals surface area contributed by atoms with E-state index in [0.717, 1.165) is 24.5 Å². The molecular formula is C18H17F2N3O4. The largest absolute Gasteiger partial charge is 0.505 e. The van der Waals surface area contributed by atoms with E-state index in [2.05, 4.69) is 14.7 Å². The van der Waals surface area contributed by atoms with Crippen molar-refractivity contribution in [2.75, 3.05) is 0 Å². The lowest BCUT2D eigenvalue weighted by atomic mass is 9.77. The zero-order valence-corrected chi connectivity index (χ0v) is 14.1. The van der Waals surface area contributed by atoms with Gasteiger partial charge in [0.25, 0.3) is 0 Å². The summed E-state index contributed by atoms with van der Waals surface area (Å²) in [6.07, 6.45) is 4.95. The number of amides is 1. The number of aliphatic hydroxyl groups excluding tert-OH is 1. The molecule has 0 aliphatic heterocycles. The minimum Gasteiger partial charge on any atom is -0.505 e. The van der Waals surface area contributed by atoms with Crippen molar-refractivity contribution in [2.24, 2.45) is 5.73 Å². The Labute approximate surface area is 153 Å². The topological polar surface area (TPSA) is 108 Å². The molecule has 27 heavy (non-hydrogen) atoms. The SMILES string of the molecule is NC(=O)/C=C(\O)c1cnc(OC2CC(c3ccc(OC(F)F)cc3)C2)cn1. The van der Waals surface area contributed by atoms with E-state index in [-0.39, 0.29) is 29.2 Å². The molecule has 1 saturated carbocycles. The zero-order valence-electron chi connectivity index (χ0n) is 14.1. The highest BCUT2D eigenvalue weighted by Gasteiger charge is 2.32. The summed E-state index contributed by atoms with van der Waals surface area (Å²) >= 11 is 0. The average Bonchev–Trinajstić information content (AvgIpc) is 2.58. The number of primary amides is 1. The van der Waals surface area contributed by atoms with Gasteiger partial charge in [-0.25, -0.2) is 9.97 Å². The number of aromatic nitrogens is 2. The van der Waals surface area contributed by atoms with Crippen LogP contribution in [0.25, 0.3) is 5.76 Å². The third-order valence-corrected chi connectivity index (χ3v) is 4.13. The summed E-state index contributed by atoms with van der Waals surface area (Å²) in [7, 11) is 0. The molecule has 142 valence electrons. The van der Waals surface area contributed by atoms with Gasteiger partial charge in [-0.15, -0.1) is 0 Å². The van der Waals surface area contributed by atoms with Crippen molar-refractivity contribution in [2.45, 2.75) is 31.5 Å². The normalized spacial score (nSPS) is 19.4. The van der Waals surface area contributed by atoms with Crippen LogP contribution >= 0.6 is 0 Å². The maximum atomic E-state index is 12.2. The first kappa shape index (κ1) is 18.6. The smallest absolute Gasteiger partial charge is 0.387 e. The van der Waals surface area contributed by atoms with Crippen molar-refractivity contribution in [1.29, 1.82) is 0 Å². The fraction of sp³-hybridized carbons (Fsp3) is 0.278. The first-order valence-corrected chi connectivity index (χ1v) is 8.14. The number of aliphatic hydroxyl groups is 1. The highest BCUT2D eigenvalue weighted by atomic mass is 19.3. The summed E-state index contributed by atoms with van der Waals surface area (Å²) in [4.78, 5) is 18.7. The molecule has 0 radical (unpaired) electrons. The quantitative estimate of drug-likeness (QED) is 0.567. The Morgan fingerprint density at radius 3 is 2.48 bits per heavy atom. The molecule has 1 heterocycles. The van der Waals surface area contributed by atoms with Gasteiger partial charge in [0.15, 0.2) is 0 Å². The Balaban J connectivity index is 1.51. The van der Waals surface area contributed by atoms with Crippen LogP contribution in [0.2, 0.25) is 0 Å². The van der Waals surface area contributed by atoms with E-state index in [0.29, 0.717) is 5.88 Å². The van der Waals surface area contributed by atoms with Crippen molar-refractivity contribution in [3.63, 3.8) is 0 Å². The number of ether oxygens (including phenoxy) is 2. The van der Waals surface area contributed by atoms with Gasteiger partial charge in [-0.3, -0.25) is 4.79 Å². The van der Waals surface area contributed by atoms with Crippen LogP contribution in [0.15, 0.2) is 42.7 Å². The van der Waals surface area contributed by atoms with Crippen LogP contribution in [0.1, 0.15) is 30.0 Å².